The first-order chi connectivity index (χ1) is 18.6. The van der Waals surface area contributed by atoms with Gasteiger partial charge in [-0.05, 0) is 101 Å². The number of carbonyl (C=O) groups excluding carboxylic acids is 1. The Labute approximate surface area is 239 Å². The molecular weight excluding hydrogens is 563 g/mol. The van der Waals surface area contributed by atoms with Crippen LogP contribution in [0.3, 0.4) is 0 Å². The standard InChI is InChI=1S/C29H37ClF3N3O3S/c1-27(2,3)35-26(37)34-23-14-18-36(19-15-23)24-12-16-28(17-13-24,20-4-8-22(30)9-5-20)40(38,39)25-10-6-21(7-11-25)29(31,32)33/h4-11,23-24H,12-19H2,1-3H3,(H2,34,35,37). The monoisotopic (exact) mass is 599 g/mol. The number of hydrogen-bond acceptors (Lipinski definition) is 4. The zero-order valence-electron chi connectivity index (χ0n) is 23.0. The number of alkyl halides is 3. The van der Waals surface area contributed by atoms with Gasteiger partial charge in [0.25, 0.3) is 0 Å². The van der Waals surface area contributed by atoms with Crippen LogP contribution >= 0.6 is 11.6 Å². The van der Waals surface area contributed by atoms with Crippen molar-refractivity contribution < 1.29 is 26.4 Å². The fourth-order valence-corrected chi connectivity index (χ4v) is 8.21. The third kappa shape index (κ3) is 6.77. The van der Waals surface area contributed by atoms with Crippen molar-refractivity contribution in [3.8, 4) is 0 Å². The average Bonchev–Trinajstić information content (AvgIpc) is 2.88. The number of nitrogens with zero attached hydrogens (tertiary/aromatic N) is 1. The van der Waals surface area contributed by atoms with E-state index in [2.05, 4.69) is 15.5 Å². The van der Waals surface area contributed by atoms with E-state index in [1.807, 2.05) is 20.8 Å². The van der Waals surface area contributed by atoms with Gasteiger partial charge in [-0.3, -0.25) is 0 Å². The minimum absolute atomic E-state index is 0.0791. The van der Waals surface area contributed by atoms with E-state index in [-0.39, 0.29) is 28.5 Å². The first-order valence-electron chi connectivity index (χ1n) is 13.6. The molecular formula is C29H37ClF3N3O3S. The Balaban J connectivity index is 1.49. The van der Waals surface area contributed by atoms with Crippen LogP contribution in [0.1, 0.15) is 70.4 Å². The number of benzene rings is 2. The fourth-order valence-electron chi connectivity index (χ4n) is 5.92. The summed E-state index contributed by atoms with van der Waals surface area (Å²) in [6.07, 6.45) is -0.992. The molecule has 0 unspecified atom stereocenters. The van der Waals surface area contributed by atoms with Crippen molar-refractivity contribution in [1.82, 2.24) is 15.5 Å². The number of likely N-dealkylation sites (tertiary alicyclic amines) is 1. The maximum Gasteiger partial charge on any atom is 0.416 e. The van der Waals surface area contributed by atoms with Crippen LogP contribution < -0.4 is 10.6 Å². The Morgan fingerprint density at radius 3 is 1.98 bits per heavy atom. The van der Waals surface area contributed by atoms with Gasteiger partial charge >= 0.3 is 12.2 Å². The highest BCUT2D eigenvalue weighted by atomic mass is 35.5. The Hall–Kier alpha value is -2.30. The quantitative estimate of drug-likeness (QED) is 0.409. The molecule has 6 nitrogen and oxygen atoms in total. The summed E-state index contributed by atoms with van der Waals surface area (Å²) in [5.41, 5.74) is -0.600. The maximum atomic E-state index is 14.1. The predicted molar refractivity (Wildman–Crippen MR) is 150 cm³/mol. The van der Waals surface area contributed by atoms with Gasteiger partial charge in [0, 0.05) is 35.7 Å². The van der Waals surface area contributed by atoms with E-state index in [1.54, 1.807) is 24.3 Å². The van der Waals surface area contributed by atoms with Crippen LogP contribution in [0, 0.1) is 0 Å². The van der Waals surface area contributed by atoms with Crippen LogP contribution in [-0.4, -0.2) is 50.1 Å². The number of sulfone groups is 1. The Morgan fingerprint density at radius 1 is 0.925 bits per heavy atom. The lowest BCUT2D eigenvalue weighted by atomic mass is 9.80. The fraction of sp³-hybridized carbons (Fsp3) is 0.552. The van der Waals surface area contributed by atoms with Crippen molar-refractivity contribution in [2.45, 2.75) is 92.7 Å². The van der Waals surface area contributed by atoms with Gasteiger partial charge in [0.2, 0.25) is 0 Å². The van der Waals surface area contributed by atoms with Gasteiger partial charge in [0.1, 0.15) is 4.75 Å². The highest BCUT2D eigenvalue weighted by Crippen LogP contribution is 2.48. The molecule has 2 amide bonds. The number of amides is 2. The van der Waals surface area contributed by atoms with E-state index in [1.165, 1.54) is 0 Å². The van der Waals surface area contributed by atoms with E-state index in [9.17, 15) is 26.4 Å². The number of piperidine rings is 1. The van der Waals surface area contributed by atoms with Gasteiger partial charge in [-0.25, -0.2) is 13.2 Å². The van der Waals surface area contributed by atoms with E-state index in [0.29, 0.717) is 36.3 Å². The molecule has 2 aromatic carbocycles. The molecule has 11 heteroatoms. The van der Waals surface area contributed by atoms with Gasteiger partial charge < -0.3 is 15.5 Å². The predicted octanol–water partition coefficient (Wildman–Crippen LogP) is 6.53. The second-order valence-corrected chi connectivity index (χ2v) is 14.6. The van der Waals surface area contributed by atoms with Crippen LogP contribution in [0.5, 0.6) is 0 Å². The lowest BCUT2D eigenvalue weighted by molar-refractivity contribution is -0.137. The number of carbonyl (C=O) groups is 1. The van der Waals surface area contributed by atoms with E-state index in [4.69, 9.17) is 11.6 Å². The Kier molecular flexibility index (Phi) is 8.83. The zero-order chi connectivity index (χ0) is 29.3. The van der Waals surface area contributed by atoms with Crippen molar-refractivity contribution in [1.29, 1.82) is 0 Å². The van der Waals surface area contributed by atoms with E-state index >= 15 is 0 Å². The Bertz CT molecular complexity index is 1280. The van der Waals surface area contributed by atoms with Gasteiger partial charge in [0.15, 0.2) is 9.84 Å². The largest absolute Gasteiger partial charge is 0.416 e. The number of hydrogen-bond donors (Lipinski definition) is 2. The maximum absolute atomic E-state index is 14.1. The second-order valence-electron chi connectivity index (χ2n) is 11.9. The molecule has 2 aliphatic rings. The van der Waals surface area contributed by atoms with Gasteiger partial charge in [-0.2, -0.15) is 13.2 Å². The second kappa shape index (κ2) is 11.5. The summed E-state index contributed by atoms with van der Waals surface area (Å²) in [5, 5.41) is 6.45. The van der Waals surface area contributed by atoms with Crippen molar-refractivity contribution in [2.75, 3.05) is 13.1 Å². The highest BCUT2D eigenvalue weighted by Gasteiger charge is 2.49. The zero-order valence-corrected chi connectivity index (χ0v) is 24.6. The van der Waals surface area contributed by atoms with Gasteiger partial charge in [-0.15, -0.1) is 0 Å². The molecule has 2 N–H and O–H groups in total. The topological polar surface area (TPSA) is 78.5 Å². The summed E-state index contributed by atoms with van der Waals surface area (Å²) in [5.74, 6) is 0. The molecule has 0 radical (unpaired) electrons. The summed E-state index contributed by atoms with van der Waals surface area (Å²) >= 11 is 6.09. The molecule has 1 saturated heterocycles. The van der Waals surface area contributed by atoms with Crippen molar-refractivity contribution >= 4 is 27.5 Å². The summed E-state index contributed by atoms with van der Waals surface area (Å²) in [7, 11) is -4.03. The van der Waals surface area contributed by atoms with Gasteiger partial charge in [0.05, 0.1) is 10.5 Å². The van der Waals surface area contributed by atoms with E-state index in [0.717, 1.165) is 50.2 Å². The molecule has 1 aliphatic carbocycles. The first-order valence-corrected chi connectivity index (χ1v) is 15.5. The molecule has 2 fully saturated rings. The summed E-state index contributed by atoms with van der Waals surface area (Å²) < 4.78 is 66.3. The smallest absolute Gasteiger partial charge is 0.335 e. The molecule has 0 atom stereocenters. The third-order valence-corrected chi connectivity index (χ3v) is 10.8. The number of urea groups is 1. The molecule has 1 aliphatic heterocycles. The summed E-state index contributed by atoms with van der Waals surface area (Å²) in [4.78, 5) is 14.5. The average molecular weight is 600 g/mol. The van der Waals surface area contributed by atoms with E-state index < -0.39 is 26.3 Å². The SMILES string of the molecule is CC(C)(C)NC(=O)NC1CCN(C2CCC(c3ccc(Cl)cc3)(S(=O)(=O)c3ccc(C(F)(F)F)cc3)CC2)CC1. The molecule has 220 valence electrons. The Morgan fingerprint density at radius 2 is 1.48 bits per heavy atom. The van der Waals surface area contributed by atoms with Crippen LogP contribution in [0.4, 0.5) is 18.0 Å². The first kappa shape index (κ1) is 30.7. The molecule has 1 heterocycles. The van der Waals surface area contributed by atoms with Crippen molar-refractivity contribution in [2.24, 2.45) is 0 Å². The highest BCUT2D eigenvalue weighted by molar-refractivity contribution is 7.92. The van der Waals surface area contributed by atoms with Crippen LogP contribution in [-0.2, 0) is 20.8 Å². The lowest BCUT2D eigenvalue weighted by Gasteiger charge is -2.45. The molecule has 0 spiro atoms. The normalized spacial score (nSPS) is 23.5. The summed E-state index contributed by atoms with van der Waals surface area (Å²) in [6, 6.07) is 10.6. The van der Waals surface area contributed by atoms with Crippen LogP contribution in [0.2, 0.25) is 5.02 Å². The van der Waals surface area contributed by atoms with Crippen molar-refractivity contribution in [3.05, 3.63) is 64.7 Å². The third-order valence-electron chi connectivity index (χ3n) is 8.01. The molecule has 4 rings (SSSR count). The van der Waals surface area contributed by atoms with Crippen molar-refractivity contribution in [3.63, 3.8) is 0 Å². The molecule has 40 heavy (non-hydrogen) atoms. The molecule has 2 aromatic rings. The molecule has 0 aromatic heterocycles. The minimum atomic E-state index is -4.55. The molecule has 1 saturated carbocycles. The number of rotatable bonds is 5. The molecule has 0 bridgehead atoms. The number of nitrogens with one attached hydrogen (secondary N) is 2. The van der Waals surface area contributed by atoms with Crippen LogP contribution in [0.15, 0.2) is 53.4 Å². The van der Waals surface area contributed by atoms with Gasteiger partial charge in [-0.1, -0.05) is 23.7 Å². The number of halogens is 4. The minimum Gasteiger partial charge on any atom is -0.335 e. The summed E-state index contributed by atoms with van der Waals surface area (Å²) in [6.45, 7) is 7.38. The van der Waals surface area contributed by atoms with Crippen LogP contribution in [0.25, 0.3) is 0 Å². The lowest BCUT2D eigenvalue weighted by Crippen LogP contribution is -2.54.